The Morgan fingerprint density at radius 3 is 2.50 bits per heavy atom. The van der Waals surface area contributed by atoms with Crippen LogP contribution in [0.25, 0.3) is 0 Å². The molecule has 4 nitrogen and oxygen atoms in total. The summed E-state index contributed by atoms with van der Waals surface area (Å²) in [4.78, 5) is 0. The van der Waals surface area contributed by atoms with Crippen LogP contribution in [0.1, 0.15) is 33.1 Å². The van der Waals surface area contributed by atoms with Gasteiger partial charge in [0.2, 0.25) is 10.0 Å². The first-order valence-corrected chi connectivity index (χ1v) is 7.70. The number of hydrogen-bond donors (Lipinski definition) is 1. The van der Waals surface area contributed by atoms with E-state index in [1.807, 2.05) is 0 Å². The Kier molecular flexibility index (Phi) is 5.21. The molecule has 0 saturated heterocycles. The smallest absolute Gasteiger partial charge is 0.213 e. The van der Waals surface area contributed by atoms with Gasteiger partial charge in [0.05, 0.1) is 5.75 Å². The molecule has 0 aromatic rings. The Balaban J connectivity index is 2.21. The molecular weight excluding hydrogens is 224 g/mol. The molecule has 0 aromatic carbocycles. The maximum atomic E-state index is 11.8. The van der Waals surface area contributed by atoms with Gasteiger partial charge in [0.1, 0.15) is 0 Å². The normalized spacial score (nSPS) is 17.3. The largest absolute Gasteiger partial charge is 0.314 e. The second-order valence-electron chi connectivity index (χ2n) is 5.00. The number of nitrogens with one attached hydrogen (secondary N) is 1. The van der Waals surface area contributed by atoms with Crippen molar-refractivity contribution in [3.8, 4) is 0 Å². The van der Waals surface area contributed by atoms with Crippen molar-refractivity contribution >= 4 is 10.0 Å². The molecule has 0 unspecified atom stereocenters. The fourth-order valence-electron chi connectivity index (χ4n) is 1.58. The van der Waals surface area contributed by atoms with E-state index in [4.69, 9.17) is 0 Å². The number of nitrogens with zero attached hydrogens (tertiary/aromatic N) is 1. The van der Waals surface area contributed by atoms with Crippen LogP contribution in [-0.2, 0) is 10.0 Å². The summed E-state index contributed by atoms with van der Waals surface area (Å²) in [6.45, 7) is 5.61. The molecule has 16 heavy (non-hydrogen) atoms. The minimum atomic E-state index is -3.02. The molecule has 0 spiro atoms. The van der Waals surface area contributed by atoms with Gasteiger partial charge in [0, 0.05) is 19.6 Å². The molecule has 1 N–H and O–H groups in total. The van der Waals surface area contributed by atoms with Gasteiger partial charge in [-0.2, -0.15) is 0 Å². The van der Waals surface area contributed by atoms with E-state index in [2.05, 4.69) is 19.2 Å². The Bertz CT molecular complexity index is 297. The summed E-state index contributed by atoms with van der Waals surface area (Å²) >= 11 is 0. The van der Waals surface area contributed by atoms with Crippen molar-refractivity contribution in [2.45, 2.75) is 39.2 Å². The highest BCUT2D eigenvalue weighted by Crippen LogP contribution is 2.30. The maximum absolute atomic E-state index is 11.8. The van der Waals surface area contributed by atoms with E-state index in [1.165, 1.54) is 17.1 Å². The van der Waals surface area contributed by atoms with Crippen LogP contribution < -0.4 is 5.32 Å². The lowest BCUT2D eigenvalue weighted by molar-refractivity contribution is 0.450. The fraction of sp³-hybridized carbons (Fsp3) is 1.00. The van der Waals surface area contributed by atoms with Crippen LogP contribution in [0.15, 0.2) is 0 Å². The van der Waals surface area contributed by atoms with E-state index >= 15 is 0 Å². The third-order valence-electron chi connectivity index (χ3n) is 2.82. The number of sulfonamides is 1. The molecule has 0 amide bonds. The number of rotatable bonds is 8. The van der Waals surface area contributed by atoms with Crippen LogP contribution in [0.5, 0.6) is 0 Å². The monoisotopic (exact) mass is 248 g/mol. The van der Waals surface area contributed by atoms with Crippen LogP contribution in [0.3, 0.4) is 0 Å². The van der Waals surface area contributed by atoms with Crippen molar-refractivity contribution in [1.29, 1.82) is 0 Å². The zero-order chi connectivity index (χ0) is 12.2. The lowest BCUT2D eigenvalue weighted by atomic mass is 10.4. The highest BCUT2D eigenvalue weighted by Gasteiger charge is 2.27. The number of hydrogen-bond acceptors (Lipinski definition) is 3. The molecule has 96 valence electrons. The summed E-state index contributed by atoms with van der Waals surface area (Å²) in [5.41, 5.74) is 0. The van der Waals surface area contributed by atoms with Crippen molar-refractivity contribution < 1.29 is 8.42 Å². The van der Waals surface area contributed by atoms with Gasteiger partial charge in [-0.25, -0.2) is 12.7 Å². The van der Waals surface area contributed by atoms with Crippen LogP contribution in [0.2, 0.25) is 0 Å². The second-order valence-corrected chi connectivity index (χ2v) is 7.20. The van der Waals surface area contributed by atoms with E-state index in [0.717, 1.165) is 6.54 Å². The van der Waals surface area contributed by atoms with Crippen molar-refractivity contribution in [2.75, 3.05) is 25.9 Å². The molecule has 0 bridgehead atoms. The van der Waals surface area contributed by atoms with Crippen molar-refractivity contribution in [3.05, 3.63) is 0 Å². The van der Waals surface area contributed by atoms with Gasteiger partial charge in [-0.15, -0.1) is 0 Å². The third-order valence-corrected chi connectivity index (χ3v) is 4.72. The van der Waals surface area contributed by atoms with Crippen molar-refractivity contribution in [1.82, 2.24) is 9.62 Å². The first-order chi connectivity index (χ1) is 7.42. The zero-order valence-corrected chi connectivity index (χ0v) is 11.4. The summed E-state index contributed by atoms with van der Waals surface area (Å²) in [6, 6.07) is 0.423. The van der Waals surface area contributed by atoms with Crippen molar-refractivity contribution in [3.63, 3.8) is 0 Å². The van der Waals surface area contributed by atoms with Gasteiger partial charge in [0.25, 0.3) is 0 Å². The Morgan fingerprint density at radius 2 is 2.00 bits per heavy atom. The highest BCUT2D eigenvalue weighted by atomic mass is 32.2. The fourth-order valence-corrected chi connectivity index (χ4v) is 2.84. The van der Waals surface area contributed by atoms with Crippen LogP contribution in [0, 0.1) is 5.92 Å². The van der Waals surface area contributed by atoms with E-state index in [1.54, 1.807) is 7.05 Å². The Hall–Kier alpha value is -0.130. The molecular formula is C11H24N2O2S. The second kappa shape index (κ2) is 5.98. The average Bonchev–Trinajstić information content (AvgIpc) is 2.96. The zero-order valence-electron chi connectivity index (χ0n) is 10.6. The third kappa shape index (κ3) is 5.27. The minimum absolute atomic E-state index is 0.260. The summed E-state index contributed by atoms with van der Waals surface area (Å²) in [5, 5.41) is 3.23. The first-order valence-electron chi connectivity index (χ1n) is 6.09. The van der Waals surface area contributed by atoms with Crippen LogP contribution in [0.4, 0.5) is 0 Å². The summed E-state index contributed by atoms with van der Waals surface area (Å²) < 4.78 is 25.2. The van der Waals surface area contributed by atoms with Gasteiger partial charge < -0.3 is 5.32 Å². The van der Waals surface area contributed by atoms with Crippen LogP contribution in [-0.4, -0.2) is 44.7 Å². The lowest BCUT2D eigenvalue weighted by Crippen LogP contribution is -2.33. The van der Waals surface area contributed by atoms with Gasteiger partial charge in [-0.1, -0.05) is 13.8 Å². The molecule has 1 rings (SSSR count). The SMILES string of the molecule is CC(C)NCCCS(=O)(=O)N(C)CC1CC1. The Morgan fingerprint density at radius 1 is 1.38 bits per heavy atom. The topological polar surface area (TPSA) is 49.4 Å². The molecule has 1 fully saturated rings. The van der Waals surface area contributed by atoms with Gasteiger partial charge in [-0.3, -0.25) is 0 Å². The van der Waals surface area contributed by atoms with E-state index < -0.39 is 10.0 Å². The maximum Gasteiger partial charge on any atom is 0.213 e. The molecule has 1 saturated carbocycles. The van der Waals surface area contributed by atoms with Gasteiger partial charge in [0.15, 0.2) is 0 Å². The van der Waals surface area contributed by atoms with Gasteiger partial charge >= 0.3 is 0 Å². The molecule has 0 aromatic heterocycles. The van der Waals surface area contributed by atoms with Crippen LogP contribution >= 0.6 is 0 Å². The predicted octanol–water partition coefficient (Wildman–Crippen LogP) is 1.05. The van der Waals surface area contributed by atoms with Crippen molar-refractivity contribution in [2.24, 2.45) is 5.92 Å². The molecule has 0 radical (unpaired) electrons. The predicted molar refractivity (Wildman–Crippen MR) is 66.9 cm³/mol. The standard InChI is InChI=1S/C11H24N2O2S/c1-10(2)12-7-4-8-16(14,15)13(3)9-11-5-6-11/h10-12H,4-9H2,1-3H3. The molecule has 0 heterocycles. The van der Waals surface area contributed by atoms with E-state index in [-0.39, 0.29) is 5.75 Å². The summed E-state index contributed by atoms with van der Waals surface area (Å²) in [5.74, 6) is 0.879. The molecule has 5 heteroatoms. The van der Waals surface area contributed by atoms with E-state index in [9.17, 15) is 8.42 Å². The van der Waals surface area contributed by atoms with E-state index in [0.29, 0.717) is 24.9 Å². The highest BCUT2D eigenvalue weighted by molar-refractivity contribution is 7.89. The molecule has 0 aliphatic heterocycles. The minimum Gasteiger partial charge on any atom is -0.314 e. The first kappa shape index (κ1) is 13.9. The van der Waals surface area contributed by atoms with Gasteiger partial charge in [-0.05, 0) is 31.7 Å². The molecule has 1 aliphatic carbocycles. The lowest BCUT2D eigenvalue weighted by Gasteiger charge is -2.17. The molecule has 1 aliphatic rings. The summed E-state index contributed by atoms with van der Waals surface area (Å²) in [7, 11) is -1.32. The quantitative estimate of drug-likeness (QED) is 0.653. The summed E-state index contributed by atoms with van der Waals surface area (Å²) in [6.07, 6.45) is 3.07. The Labute approximate surface area is 99.5 Å². The average molecular weight is 248 g/mol. The molecule has 0 atom stereocenters.